The van der Waals surface area contributed by atoms with E-state index in [1.54, 1.807) is 27.4 Å². The molecule has 2 aliphatic heterocycles. The molecule has 2 aliphatic rings. The minimum Gasteiger partial charge on any atom is -0.493 e. The van der Waals surface area contributed by atoms with Crippen molar-refractivity contribution in [2.45, 2.75) is 25.8 Å². The van der Waals surface area contributed by atoms with Crippen molar-refractivity contribution in [3.8, 4) is 17.4 Å². The van der Waals surface area contributed by atoms with Gasteiger partial charge in [-0.05, 0) is 48.6 Å². The highest BCUT2D eigenvalue weighted by Crippen LogP contribution is 2.34. The van der Waals surface area contributed by atoms with Crippen molar-refractivity contribution in [1.82, 2.24) is 15.1 Å². The second-order valence-electron chi connectivity index (χ2n) is 7.70. The molecule has 2 aromatic rings. The van der Waals surface area contributed by atoms with Crippen LogP contribution >= 0.6 is 0 Å². The number of carbonyl (C=O) groups is 1. The van der Waals surface area contributed by atoms with Crippen LogP contribution in [0.4, 0.5) is 5.82 Å². The first-order valence-electron chi connectivity index (χ1n) is 10.3. The Balaban J connectivity index is 1.45. The number of hydrogen-bond donors (Lipinski definition) is 0. The molecule has 8 heteroatoms. The van der Waals surface area contributed by atoms with Crippen LogP contribution < -0.4 is 19.1 Å². The van der Waals surface area contributed by atoms with E-state index in [9.17, 15) is 4.79 Å². The first kappa shape index (κ1) is 20.3. The second-order valence-corrected chi connectivity index (χ2v) is 7.70. The maximum absolute atomic E-state index is 13.3. The zero-order valence-electron chi connectivity index (χ0n) is 17.8. The Labute approximate surface area is 176 Å². The van der Waals surface area contributed by atoms with Crippen LogP contribution in [0.15, 0.2) is 24.3 Å². The van der Waals surface area contributed by atoms with E-state index in [1.165, 1.54) is 5.56 Å². The zero-order valence-corrected chi connectivity index (χ0v) is 17.8. The normalized spacial score (nSPS) is 18.6. The van der Waals surface area contributed by atoms with Gasteiger partial charge < -0.3 is 24.0 Å². The third kappa shape index (κ3) is 3.99. The predicted molar refractivity (Wildman–Crippen MR) is 112 cm³/mol. The highest BCUT2D eigenvalue weighted by molar-refractivity contribution is 5.80. The summed E-state index contributed by atoms with van der Waals surface area (Å²) in [6, 6.07) is 7.72. The fourth-order valence-electron chi connectivity index (χ4n) is 4.31. The van der Waals surface area contributed by atoms with Crippen molar-refractivity contribution < 1.29 is 19.0 Å². The lowest BCUT2D eigenvalue weighted by molar-refractivity contribution is -0.136. The molecule has 1 aromatic carbocycles. The topological polar surface area (TPSA) is 77.0 Å². The summed E-state index contributed by atoms with van der Waals surface area (Å²) < 4.78 is 15.9. The van der Waals surface area contributed by atoms with Crippen molar-refractivity contribution in [1.29, 1.82) is 0 Å². The molecule has 0 aliphatic carbocycles. The Bertz CT molecular complexity index is 903. The smallest absolute Gasteiger partial charge is 0.233 e. The Kier molecular flexibility index (Phi) is 5.92. The van der Waals surface area contributed by atoms with Gasteiger partial charge in [-0.3, -0.25) is 4.79 Å². The minimum absolute atomic E-state index is 0.0376. The van der Waals surface area contributed by atoms with E-state index in [1.807, 2.05) is 23.1 Å². The molecular formula is C22H28N4O4. The summed E-state index contributed by atoms with van der Waals surface area (Å²) in [5.74, 6) is 2.88. The quantitative estimate of drug-likeness (QED) is 0.746. The lowest BCUT2D eigenvalue weighted by Gasteiger charge is -2.37. The summed E-state index contributed by atoms with van der Waals surface area (Å²) >= 11 is 0. The molecule has 0 bridgehead atoms. The molecule has 1 aromatic heterocycles. The Morgan fingerprint density at radius 1 is 1.00 bits per heavy atom. The molecule has 4 rings (SSSR count). The van der Waals surface area contributed by atoms with Gasteiger partial charge in [-0.2, -0.15) is 0 Å². The van der Waals surface area contributed by atoms with E-state index in [0.29, 0.717) is 24.7 Å². The molecule has 160 valence electrons. The molecule has 0 saturated carbocycles. The molecular weight excluding hydrogens is 384 g/mol. The number of nitrogens with zero attached hydrogens (tertiary/aromatic N) is 4. The van der Waals surface area contributed by atoms with Gasteiger partial charge in [0.15, 0.2) is 17.3 Å². The van der Waals surface area contributed by atoms with Gasteiger partial charge in [0.25, 0.3) is 0 Å². The first-order valence-corrected chi connectivity index (χ1v) is 10.3. The number of carbonyl (C=O) groups excluding carboxylic acids is 1. The Hall–Kier alpha value is -3.03. The van der Waals surface area contributed by atoms with Gasteiger partial charge in [0, 0.05) is 32.2 Å². The minimum atomic E-state index is -0.0376. The highest BCUT2D eigenvalue weighted by Gasteiger charge is 2.32. The number of methoxy groups -OCH3 is 3. The predicted octanol–water partition coefficient (Wildman–Crippen LogP) is 2.30. The lowest BCUT2D eigenvalue weighted by atomic mass is 9.93. The van der Waals surface area contributed by atoms with Crippen LogP contribution in [0.25, 0.3) is 0 Å². The Morgan fingerprint density at radius 3 is 2.43 bits per heavy atom. The number of ether oxygens (including phenoxy) is 3. The van der Waals surface area contributed by atoms with Gasteiger partial charge in [-0.1, -0.05) is 0 Å². The largest absolute Gasteiger partial charge is 0.493 e. The van der Waals surface area contributed by atoms with Gasteiger partial charge in [0.05, 0.1) is 27.2 Å². The molecule has 0 radical (unpaired) electrons. The van der Waals surface area contributed by atoms with Crippen molar-refractivity contribution in [2.75, 3.05) is 45.9 Å². The van der Waals surface area contributed by atoms with Crippen LogP contribution in [0.3, 0.4) is 0 Å². The van der Waals surface area contributed by atoms with Gasteiger partial charge in [0.2, 0.25) is 11.8 Å². The average Bonchev–Trinajstić information content (AvgIpc) is 2.82. The first-order chi connectivity index (χ1) is 14.6. The fourth-order valence-corrected chi connectivity index (χ4v) is 4.31. The number of fused-ring (bicyclic) bond motifs is 1. The van der Waals surface area contributed by atoms with Crippen LogP contribution in [0.5, 0.6) is 17.4 Å². The lowest BCUT2D eigenvalue weighted by Crippen LogP contribution is -2.46. The zero-order chi connectivity index (χ0) is 21.1. The van der Waals surface area contributed by atoms with Gasteiger partial charge in [-0.15, -0.1) is 10.2 Å². The number of anilines is 1. The molecule has 30 heavy (non-hydrogen) atoms. The number of benzene rings is 1. The second kappa shape index (κ2) is 8.77. The summed E-state index contributed by atoms with van der Waals surface area (Å²) in [4.78, 5) is 17.4. The summed E-state index contributed by atoms with van der Waals surface area (Å²) in [6.45, 7) is 2.87. The van der Waals surface area contributed by atoms with E-state index in [2.05, 4.69) is 15.1 Å². The van der Waals surface area contributed by atoms with Gasteiger partial charge >= 0.3 is 0 Å². The number of amides is 1. The van der Waals surface area contributed by atoms with Crippen LogP contribution in [-0.2, 0) is 17.8 Å². The van der Waals surface area contributed by atoms with Crippen molar-refractivity contribution in [3.05, 3.63) is 35.4 Å². The molecule has 1 saturated heterocycles. The van der Waals surface area contributed by atoms with E-state index in [-0.39, 0.29) is 11.8 Å². The van der Waals surface area contributed by atoms with Crippen molar-refractivity contribution in [3.63, 3.8) is 0 Å². The van der Waals surface area contributed by atoms with Crippen molar-refractivity contribution in [2.24, 2.45) is 5.92 Å². The standard InChI is InChI=1S/C22H28N4O4/c1-28-18-11-15-8-10-26(14-17(15)12-19(18)29-2)22(27)16-5-4-9-25(13-16)20-6-7-21(30-3)24-23-20/h6-7,11-12,16H,4-5,8-10,13-14H2,1-3H3/t16-/m1/s1. The summed E-state index contributed by atoms with van der Waals surface area (Å²) in [5.41, 5.74) is 2.34. The maximum atomic E-state index is 13.3. The monoisotopic (exact) mass is 412 g/mol. The summed E-state index contributed by atoms with van der Waals surface area (Å²) in [7, 11) is 4.85. The molecule has 3 heterocycles. The number of hydrogen-bond acceptors (Lipinski definition) is 7. The molecule has 0 spiro atoms. The fraction of sp³-hybridized carbons (Fsp3) is 0.500. The number of piperidine rings is 1. The third-order valence-corrected chi connectivity index (χ3v) is 5.96. The van der Waals surface area contributed by atoms with E-state index < -0.39 is 0 Å². The molecule has 0 unspecified atom stereocenters. The van der Waals surface area contributed by atoms with Crippen LogP contribution in [0.2, 0.25) is 0 Å². The SMILES string of the molecule is COc1ccc(N2CCC[C@@H](C(=O)N3CCc4cc(OC)c(OC)cc4C3)C2)nn1. The molecule has 1 fully saturated rings. The van der Waals surface area contributed by atoms with Gasteiger partial charge in [0.1, 0.15) is 0 Å². The molecule has 8 nitrogen and oxygen atoms in total. The molecule has 1 atom stereocenters. The highest BCUT2D eigenvalue weighted by atomic mass is 16.5. The van der Waals surface area contributed by atoms with E-state index >= 15 is 0 Å². The third-order valence-electron chi connectivity index (χ3n) is 5.96. The average molecular weight is 412 g/mol. The van der Waals surface area contributed by atoms with Crippen molar-refractivity contribution >= 4 is 11.7 Å². The van der Waals surface area contributed by atoms with E-state index in [0.717, 1.165) is 49.5 Å². The van der Waals surface area contributed by atoms with Crippen LogP contribution in [-0.4, -0.2) is 62.0 Å². The number of rotatable bonds is 5. The van der Waals surface area contributed by atoms with Gasteiger partial charge in [-0.25, -0.2) is 0 Å². The molecule has 1 amide bonds. The summed E-state index contributed by atoms with van der Waals surface area (Å²) in [5, 5.41) is 8.30. The van der Waals surface area contributed by atoms with Crippen LogP contribution in [0.1, 0.15) is 24.0 Å². The Morgan fingerprint density at radius 2 is 1.77 bits per heavy atom. The summed E-state index contributed by atoms with van der Waals surface area (Å²) in [6.07, 6.45) is 2.68. The van der Waals surface area contributed by atoms with Crippen LogP contribution in [0, 0.1) is 5.92 Å². The molecule has 0 N–H and O–H groups in total. The van der Waals surface area contributed by atoms with E-state index in [4.69, 9.17) is 14.2 Å². The number of aromatic nitrogens is 2. The maximum Gasteiger partial charge on any atom is 0.233 e.